The Labute approximate surface area is 158 Å². The number of carbonyl (C=O) groups is 1. The van der Waals surface area contributed by atoms with Crippen LogP contribution in [0.15, 0.2) is 24.3 Å². The standard InChI is InChI=1S/C20H28F3NO3/c1-18(2,3)27-17(25)24-11-7-8-14(13-24)12-19(4,26)15-9-5-6-10-16(15)20(21,22)23/h5-6,9-10,14,26H,7-8,11-13H2,1-4H3. The van der Waals surface area contributed by atoms with Gasteiger partial charge in [-0.3, -0.25) is 0 Å². The first-order valence-corrected chi connectivity index (χ1v) is 9.16. The van der Waals surface area contributed by atoms with Gasteiger partial charge in [-0.1, -0.05) is 18.2 Å². The Hall–Kier alpha value is -1.76. The summed E-state index contributed by atoms with van der Waals surface area (Å²) >= 11 is 0. The summed E-state index contributed by atoms with van der Waals surface area (Å²) in [6.07, 6.45) is -3.36. The van der Waals surface area contributed by atoms with E-state index in [4.69, 9.17) is 4.74 Å². The topological polar surface area (TPSA) is 49.8 Å². The summed E-state index contributed by atoms with van der Waals surface area (Å²) in [5.41, 5.74) is -3.21. The van der Waals surface area contributed by atoms with Crippen LogP contribution in [0, 0.1) is 5.92 Å². The number of hydrogen-bond acceptors (Lipinski definition) is 3. The number of benzene rings is 1. The first-order chi connectivity index (χ1) is 12.3. The lowest BCUT2D eigenvalue weighted by atomic mass is 9.81. The van der Waals surface area contributed by atoms with Crippen LogP contribution < -0.4 is 0 Å². The number of aliphatic hydroxyl groups is 1. The van der Waals surface area contributed by atoms with E-state index in [0.29, 0.717) is 13.1 Å². The average molecular weight is 387 g/mol. The first kappa shape index (κ1) is 21.5. The van der Waals surface area contributed by atoms with E-state index < -0.39 is 29.0 Å². The molecule has 1 amide bonds. The average Bonchev–Trinajstić information content (AvgIpc) is 2.52. The second-order valence-electron chi connectivity index (χ2n) is 8.46. The predicted octanol–water partition coefficient (Wildman–Crippen LogP) is 4.95. The van der Waals surface area contributed by atoms with Crippen LogP contribution in [0.4, 0.5) is 18.0 Å². The monoisotopic (exact) mass is 387 g/mol. The summed E-state index contributed by atoms with van der Waals surface area (Å²) in [6, 6.07) is 5.11. The van der Waals surface area contributed by atoms with Gasteiger partial charge < -0.3 is 14.7 Å². The fourth-order valence-electron chi connectivity index (χ4n) is 3.60. The first-order valence-electron chi connectivity index (χ1n) is 9.16. The summed E-state index contributed by atoms with van der Waals surface area (Å²) in [4.78, 5) is 13.8. The van der Waals surface area contributed by atoms with E-state index in [2.05, 4.69) is 0 Å². The molecule has 1 aromatic carbocycles. The molecule has 1 N–H and O–H groups in total. The molecule has 1 fully saturated rings. The molecule has 0 bridgehead atoms. The number of ether oxygens (including phenoxy) is 1. The maximum atomic E-state index is 13.3. The maximum absolute atomic E-state index is 13.3. The SMILES string of the molecule is CC(C)(C)OC(=O)N1CCCC(CC(C)(O)c2ccccc2C(F)(F)F)C1. The van der Waals surface area contributed by atoms with E-state index in [9.17, 15) is 23.1 Å². The summed E-state index contributed by atoms with van der Waals surface area (Å²) < 4.78 is 45.3. The lowest BCUT2D eigenvalue weighted by Crippen LogP contribution is -2.44. The van der Waals surface area contributed by atoms with Gasteiger partial charge in [0.2, 0.25) is 0 Å². The highest BCUT2D eigenvalue weighted by Crippen LogP contribution is 2.40. The minimum atomic E-state index is -4.53. The zero-order chi connectivity index (χ0) is 20.5. The molecular formula is C20H28F3NO3. The number of piperidine rings is 1. The number of amides is 1. The molecule has 1 aliphatic heterocycles. The van der Waals surface area contributed by atoms with Gasteiger partial charge in [0.25, 0.3) is 0 Å². The summed E-state index contributed by atoms with van der Waals surface area (Å²) in [7, 11) is 0. The molecule has 1 aliphatic rings. The van der Waals surface area contributed by atoms with Gasteiger partial charge in [0.05, 0.1) is 11.2 Å². The molecule has 2 rings (SSSR count). The maximum Gasteiger partial charge on any atom is 0.416 e. The van der Waals surface area contributed by atoms with Gasteiger partial charge in [0.1, 0.15) is 5.60 Å². The van der Waals surface area contributed by atoms with E-state index in [1.165, 1.54) is 25.1 Å². The van der Waals surface area contributed by atoms with Crippen LogP contribution in [0.5, 0.6) is 0 Å². The van der Waals surface area contributed by atoms with Crippen LogP contribution >= 0.6 is 0 Å². The number of alkyl halides is 3. The van der Waals surface area contributed by atoms with Crippen molar-refractivity contribution in [2.45, 2.75) is 64.3 Å². The fraction of sp³-hybridized carbons (Fsp3) is 0.650. The minimum Gasteiger partial charge on any atom is -0.444 e. The van der Waals surface area contributed by atoms with Gasteiger partial charge in [0, 0.05) is 13.1 Å². The number of nitrogens with zero attached hydrogens (tertiary/aromatic N) is 1. The van der Waals surface area contributed by atoms with Crippen molar-refractivity contribution in [1.82, 2.24) is 4.90 Å². The van der Waals surface area contributed by atoms with Crippen molar-refractivity contribution in [2.75, 3.05) is 13.1 Å². The van der Waals surface area contributed by atoms with Crippen LogP contribution in [0.1, 0.15) is 58.1 Å². The lowest BCUT2D eigenvalue weighted by molar-refractivity contribution is -0.140. The Morgan fingerprint density at radius 3 is 2.33 bits per heavy atom. The Morgan fingerprint density at radius 1 is 1.19 bits per heavy atom. The largest absolute Gasteiger partial charge is 0.444 e. The third-order valence-corrected chi connectivity index (χ3v) is 4.67. The molecule has 7 heteroatoms. The van der Waals surface area contributed by atoms with Crippen molar-refractivity contribution in [2.24, 2.45) is 5.92 Å². The smallest absolute Gasteiger partial charge is 0.416 e. The molecule has 0 saturated carbocycles. The zero-order valence-electron chi connectivity index (χ0n) is 16.3. The van der Waals surface area contributed by atoms with Crippen LogP contribution in [0.2, 0.25) is 0 Å². The van der Waals surface area contributed by atoms with Crippen molar-refractivity contribution in [3.63, 3.8) is 0 Å². The van der Waals surface area contributed by atoms with Crippen LogP contribution in [0.25, 0.3) is 0 Å². The van der Waals surface area contributed by atoms with E-state index >= 15 is 0 Å². The van der Waals surface area contributed by atoms with Crippen molar-refractivity contribution in [1.29, 1.82) is 0 Å². The molecule has 1 saturated heterocycles. The molecule has 1 heterocycles. The van der Waals surface area contributed by atoms with Gasteiger partial charge in [-0.25, -0.2) is 4.79 Å². The number of halogens is 3. The highest BCUT2D eigenvalue weighted by molar-refractivity contribution is 5.68. The molecule has 0 radical (unpaired) electrons. The van der Waals surface area contributed by atoms with Crippen molar-refractivity contribution in [3.05, 3.63) is 35.4 Å². The number of rotatable bonds is 3. The van der Waals surface area contributed by atoms with E-state index in [1.54, 1.807) is 25.7 Å². The summed E-state index contributed by atoms with van der Waals surface area (Å²) in [6.45, 7) is 7.66. The fourth-order valence-corrected chi connectivity index (χ4v) is 3.60. The Balaban J connectivity index is 2.13. The number of carbonyl (C=O) groups excluding carboxylic acids is 1. The molecule has 1 aromatic rings. The molecule has 2 atom stereocenters. The Bertz CT molecular complexity index is 665. The second-order valence-corrected chi connectivity index (χ2v) is 8.46. The van der Waals surface area contributed by atoms with Gasteiger partial charge in [0.15, 0.2) is 0 Å². The zero-order valence-corrected chi connectivity index (χ0v) is 16.3. The third-order valence-electron chi connectivity index (χ3n) is 4.67. The summed E-state index contributed by atoms with van der Waals surface area (Å²) in [5.74, 6) is -0.109. The number of hydrogen-bond donors (Lipinski definition) is 1. The van der Waals surface area contributed by atoms with Crippen LogP contribution in [-0.4, -0.2) is 34.8 Å². The van der Waals surface area contributed by atoms with Gasteiger partial charge >= 0.3 is 12.3 Å². The van der Waals surface area contributed by atoms with Crippen molar-refractivity contribution >= 4 is 6.09 Å². The molecule has 152 valence electrons. The van der Waals surface area contributed by atoms with E-state index in [-0.39, 0.29) is 17.9 Å². The highest BCUT2D eigenvalue weighted by atomic mass is 19.4. The molecule has 0 spiro atoms. The highest BCUT2D eigenvalue weighted by Gasteiger charge is 2.40. The van der Waals surface area contributed by atoms with Crippen LogP contribution in [0.3, 0.4) is 0 Å². The van der Waals surface area contributed by atoms with Gasteiger partial charge in [-0.05, 0) is 64.5 Å². The van der Waals surface area contributed by atoms with Crippen molar-refractivity contribution < 1.29 is 27.8 Å². The Kier molecular flexibility index (Phi) is 6.14. The number of likely N-dealkylation sites (tertiary alicyclic amines) is 1. The van der Waals surface area contributed by atoms with Crippen LogP contribution in [-0.2, 0) is 16.5 Å². The minimum absolute atomic E-state index is 0.109. The molecule has 27 heavy (non-hydrogen) atoms. The quantitative estimate of drug-likeness (QED) is 0.798. The molecular weight excluding hydrogens is 359 g/mol. The molecule has 0 aromatic heterocycles. The molecule has 2 unspecified atom stereocenters. The Morgan fingerprint density at radius 2 is 1.78 bits per heavy atom. The van der Waals surface area contributed by atoms with Gasteiger partial charge in [-0.2, -0.15) is 13.2 Å². The normalized spacial score (nSPS) is 20.9. The second kappa shape index (κ2) is 7.70. The van der Waals surface area contributed by atoms with Gasteiger partial charge in [-0.15, -0.1) is 0 Å². The summed E-state index contributed by atoms with van der Waals surface area (Å²) in [5, 5.41) is 10.9. The van der Waals surface area contributed by atoms with Crippen molar-refractivity contribution in [3.8, 4) is 0 Å². The van der Waals surface area contributed by atoms with E-state index in [1.807, 2.05) is 0 Å². The third kappa shape index (κ3) is 5.86. The lowest BCUT2D eigenvalue weighted by Gasteiger charge is -2.37. The molecule has 4 nitrogen and oxygen atoms in total. The molecule has 0 aliphatic carbocycles. The van der Waals surface area contributed by atoms with E-state index in [0.717, 1.165) is 18.9 Å². The predicted molar refractivity (Wildman–Crippen MR) is 96.2 cm³/mol.